The molecule has 2 N–H and O–H groups in total. The number of carboxylic acids is 1. The van der Waals surface area contributed by atoms with Gasteiger partial charge in [0.25, 0.3) is 0 Å². The maximum absolute atomic E-state index is 12.1. The van der Waals surface area contributed by atoms with Crippen LogP contribution < -0.4 is 5.32 Å². The van der Waals surface area contributed by atoms with Gasteiger partial charge in [0.05, 0.1) is 17.3 Å². The molecular formula is C13H15BrN2O3. The highest BCUT2D eigenvalue weighted by atomic mass is 79.9. The average molecular weight is 327 g/mol. The number of hydrogen-bond donors (Lipinski definition) is 2. The second kappa shape index (κ2) is 5.69. The van der Waals surface area contributed by atoms with Gasteiger partial charge in [0.1, 0.15) is 4.60 Å². The molecule has 5 nitrogen and oxygen atoms in total. The van der Waals surface area contributed by atoms with E-state index >= 15 is 0 Å². The molecule has 1 heterocycles. The van der Waals surface area contributed by atoms with Crippen LogP contribution in [-0.2, 0) is 9.59 Å². The van der Waals surface area contributed by atoms with Crippen LogP contribution in [-0.4, -0.2) is 22.0 Å². The molecule has 0 bridgehead atoms. The van der Waals surface area contributed by atoms with Gasteiger partial charge in [-0.3, -0.25) is 9.59 Å². The summed E-state index contributed by atoms with van der Waals surface area (Å²) in [6.07, 6.45) is 1.63. The Labute approximate surface area is 119 Å². The van der Waals surface area contributed by atoms with Crippen LogP contribution in [0.15, 0.2) is 16.7 Å². The zero-order valence-electron chi connectivity index (χ0n) is 10.5. The molecule has 1 aromatic rings. The molecule has 0 saturated heterocycles. The van der Waals surface area contributed by atoms with E-state index in [1.807, 2.05) is 6.92 Å². The SMILES string of the molecule is Cc1nc(Br)ccc1NC(=O)[C@@H]1CC[C@H](C(=O)O)C1. The van der Waals surface area contributed by atoms with Crippen molar-refractivity contribution < 1.29 is 14.7 Å². The zero-order chi connectivity index (χ0) is 14.0. The number of carbonyl (C=O) groups excluding carboxylic acids is 1. The lowest BCUT2D eigenvalue weighted by atomic mass is 10.0. The van der Waals surface area contributed by atoms with Gasteiger partial charge in [0.2, 0.25) is 5.91 Å². The number of aromatic nitrogens is 1. The third-order valence-corrected chi connectivity index (χ3v) is 3.90. The molecule has 19 heavy (non-hydrogen) atoms. The summed E-state index contributed by atoms with van der Waals surface area (Å²) in [5.41, 5.74) is 1.41. The first-order chi connectivity index (χ1) is 8.97. The number of carboxylic acid groups (broad SMARTS) is 1. The molecule has 0 unspecified atom stereocenters. The zero-order valence-corrected chi connectivity index (χ0v) is 12.1. The predicted molar refractivity (Wildman–Crippen MR) is 73.8 cm³/mol. The Morgan fingerprint density at radius 3 is 2.63 bits per heavy atom. The Morgan fingerprint density at radius 1 is 1.37 bits per heavy atom. The number of pyridine rings is 1. The standard InChI is InChI=1S/C13H15BrN2O3/c1-7-10(4-5-11(14)15-7)16-12(17)8-2-3-9(6-8)13(18)19/h4-5,8-9H,2-3,6H2,1H3,(H,16,17)(H,18,19)/t8-,9+/m1/s1. The number of carbonyl (C=O) groups is 2. The van der Waals surface area contributed by atoms with E-state index in [4.69, 9.17) is 5.11 Å². The average Bonchev–Trinajstić information content (AvgIpc) is 2.82. The van der Waals surface area contributed by atoms with E-state index in [-0.39, 0.29) is 17.7 Å². The summed E-state index contributed by atoms with van der Waals surface area (Å²) >= 11 is 3.26. The number of anilines is 1. The molecule has 1 amide bonds. The number of aliphatic carboxylic acids is 1. The molecule has 2 rings (SSSR count). The van der Waals surface area contributed by atoms with Gasteiger partial charge in [-0.05, 0) is 54.2 Å². The molecule has 102 valence electrons. The van der Waals surface area contributed by atoms with Crippen LogP contribution in [0.5, 0.6) is 0 Å². The van der Waals surface area contributed by atoms with Crippen molar-refractivity contribution in [2.45, 2.75) is 26.2 Å². The van der Waals surface area contributed by atoms with E-state index in [1.165, 1.54) is 0 Å². The Hall–Kier alpha value is -1.43. The van der Waals surface area contributed by atoms with E-state index in [0.717, 1.165) is 10.3 Å². The van der Waals surface area contributed by atoms with Crippen molar-refractivity contribution in [3.05, 3.63) is 22.4 Å². The number of aryl methyl sites for hydroxylation is 1. The van der Waals surface area contributed by atoms with Crippen LogP contribution in [0.4, 0.5) is 5.69 Å². The molecule has 1 aliphatic carbocycles. The van der Waals surface area contributed by atoms with Gasteiger partial charge >= 0.3 is 5.97 Å². The van der Waals surface area contributed by atoms with Crippen LogP contribution in [0.3, 0.4) is 0 Å². The fourth-order valence-electron chi connectivity index (χ4n) is 2.34. The van der Waals surface area contributed by atoms with Crippen molar-refractivity contribution in [1.29, 1.82) is 0 Å². The molecule has 1 aromatic heterocycles. The second-order valence-electron chi connectivity index (χ2n) is 4.80. The molecular weight excluding hydrogens is 312 g/mol. The Bertz CT molecular complexity index is 519. The maximum Gasteiger partial charge on any atom is 0.306 e. The summed E-state index contributed by atoms with van der Waals surface area (Å²) in [5.74, 6) is -1.53. The third kappa shape index (κ3) is 3.32. The fourth-order valence-corrected chi connectivity index (χ4v) is 2.74. The van der Waals surface area contributed by atoms with Gasteiger partial charge in [-0.15, -0.1) is 0 Å². The fraction of sp³-hybridized carbons (Fsp3) is 0.462. The highest BCUT2D eigenvalue weighted by molar-refractivity contribution is 9.10. The molecule has 1 aliphatic rings. The van der Waals surface area contributed by atoms with Crippen molar-refractivity contribution in [2.24, 2.45) is 11.8 Å². The molecule has 0 aromatic carbocycles. The van der Waals surface area contributed by atoms with Crippen LogP contribution in [0, 0.1) is 18.8 Å². The summed E-state index contributed by atoms with van der Waals surface area (Å²) in [6.45, 7) is 1.81. The number of nitrogens with zero attached hydrogens (tertiary/aromatic N) is 1. The van der Waals surface area contributed by atoms with Crippen molar-refractivity contribution in [2.75, 3.05) is 5.32 Å². The summed E-state index contributed by atoms with van der Waals surface area (Å²) in [6, 6.07) is 3.55. The quantitative estimate of drug-likeness (QED) is 0.837. The van der Waals surface area contributed by atoms with Crippen molar-refractivity contribution in [3.63, 3.8) is 0 Å². The molecule has 0 aliphatic heterocycles. The van der Waals surface area contributed by atoms with Crippen LogP contribution in [0.25, 0.3) is 0 Å². The van der Waals surface area contributed by atoms with E-state index in [1.54, 1.807) is 12.1 Å². The summed E-state index contributed by atoms with van der Waals surface area (Å²) < 4.78 is 0.717. The van der Waals surface area contributed by atoms with Crippen LogP contribution >= 0.6 is 15.9 Å². The largest absolute Gasteiger partial charge is 0.481 e. The van der Waals surface area contributed by atoms with Gasteiger partial charge < -0.3 is 10.4 Å². The Morgan fingerprint density at radius 2 is 2.05 bits per heavy atom. The predicted octanol–water partition coefficient (Wildman–Crippen LogP) is 2.59. The topological polar surface area (TPSA) is 79.3 Å². The normalized spacial score (nSPS) is 22.2. The minimum absolute atomic E-state index is 0.115. The number of halogens is 1. The first-order valence-corrected chi connectivity index (χ1v) is 6.93. The van der Waals surface area contributed by atoms with Crippen LogP contribution in [0.2, 0.25) is 0 Å². The maximum atomic E-state index is 12.1. The van der Waals surface area contributed by atoms with Gasteiger partial charge in [-0.1, -0.05) is 0 Å². The summed E-state index contributed by atoms with van der Waals surface area (Å²) in [5, 5.41) is 11.8. The first-order valence-electron chi connectivity index (χ1n) is 6.14. The highest BCUT2D eigenvalue weighted by Gasteiger charge is 2.33. The molecule has 2 atom stereocenters. The van der Waals surface area contributed by atoms with Gasteiger partial charge in [-0.2, -0.15) is 0 Å². The lowest BCUT2D eigenvalue weighted by Gasteiger charge is -2.12. The van der Waals surface area contributed by atoms with Crippen molar-refractivity contribution in [1.82, 2.24) is 4.98 Å². The number of nitrogens with one attached hydrogen (secondary N) is 1. The minimum atomic E-state index is -0.809. The molecule has 6 heteroatoms. The Balaban J connectivity index is 2.00. The molecule has 1 saturated carbocycles. The molecule has 0 radical (unpaired) electrons. The monoisotopic (exact) mass is 326 g/mol. The number of amides is 1. The van der Waals surface area contributed by atoms with E-state index in [9.17, 15) is 9.59 Å². The van der Waals surface area contributed by atoms with E-state index in [2.05, 4.69) is 26.2 Å². The van der Waals surface area contributed by atoms with Crippen molar-refractivity contribution >= 4 is 33.5 Å². The first kappa shape index (κ1) is 14.0. The third-order valence-electron chi connectivity index (χ3n) is 3.46. The smallest absolute Gasteiger partial charge is 0.306 e. The van der Waals surface area contributed by atoms with E-state index in [0.29, 0.717) is 24.9 Å². The lowest BCUT2D eigenvalue weighted by Crippen LogP contribution is -2.22. The highest BCUT2D eigenvalue weighted by Crippen LogP contribution is 2.32. The van der Waals surface area contributed by atoms with Gasteiger partial charge in [-0.25, -0.2) is 4.98 Å². The number of hydrogen-bond acceptors (Lipinski definition) is 3. The summed E-state index contributed by atoms with van der Waals surface area (Å²) in [4.78, 5) is 27.2. The van der Waals surface area contributed by atoms with Crippen LogP contribution in [0.1, 0.15) is 25.0 Å². The van der Waals surface area contributed by atoms with E-state index < -0.39 is 5.97 Å². The lowest BCUT2D eigenvalue weighted by molar-refractivity contribution is -0.141. The summed E-state index contributed by atoms with van der Waals surface area (Å²) in [7, 11) is 0. The Kier molecular flexibility index (Phi) is 4.19. The van der Waals surface area contributed by atoms with Gasteiger partial charge in [0.15, 0.2) is 0 Å². The van der Waals surface area contributed by atoms with Crippen molar-refractivity contribution in [3.8, 4) is 0 Å². The second-order valence-corrected chi connectivity index (χ2v) is 5.61. The molecule has 0 spiro atoms. The van der Waals surface area contributed by atoms with Gasteiger partial charge in [0, 0.05) is 5.92 Å². The number of rotatable bonds is 3. The minimum Gasteiger partial charge on any atom is -0.481 e. The molecule has 1 fully saturated rings.